The Balaban J connectivity index is 1.78. The monoisotopic (exact) mass is 184 g/mol. The minimum absolute atomic E-state index is 0.143. The van der Waals surface area contributed by atoms with Gasteiger partial charge in [-0.15, -0.1) is 0 Å². The van der Waals surface area contributed by atoms with Gasteiger partial charge >= 0.3 is 0 Å². The fourth-order valence-corrected chi connectivity index (χ4v) is 2.19. The summed E-state index contributed by atoms with van der Waals surface area (Å²) in [6.45, 7) is 5.12. The number of nitrogens with two attached hydrogens (primary N) is 1. The van der Waals surface area contributed by atoms with Crippen LogP contribution >= 0.6 is 0 Å². The Morgan fingerprint density at radius 1 is 1.15 bits per heavy atom. The molecule has 2 rings (SSSR count). The van der Waals surface area contributed by atoms with Crippen LogP contribution in [0, 0.1) is 0 Å². The van der Waals surface area contributed by atoms with Crippen molar-refractivity contribution < 1.29 is 4.74 Å². The Labute approximate surface area is 80.2 Å². The van der Waals surface area contributed by atoms with E-state index >= 15 is 0 Å². The molecule has 0 amide bonds. The topological polar surface area (TPSA) is 38.5 Å². The summed E-state index contributed by atoms with van der Waals surface area (Å²) < 4.78 is 5.41. The Morgan fingerprint density at radius 2 is 2.00 bits per heavy atom. The molecule has 2 fully saturated rings. The van der Waals surface area contributed by atoms with Gasteiger partial charge in [0.2, 0.25) is 0 Å². The second-order valence-corrected chi connectivity index (χ2v) is 4.46. The number of hydrogen-bond donors (Lipinski definition) is 1. The zero-order valence-corrected chi connectivity index (χ0v) is 8.30. The lowest BCUT2D eigenvalue weighted by molar-refractivity contribution is 0.121. The third kappa shape index (κ3) is 2.42. The lowest BCUT2D eigenvalue weighted by atomic mass is 9.77. The molecule has 0 aromatic rings. The largest absolute Gasteiger partial charge is 0.380 e. The molecule has 1 saturated heterocycles. The molecule has 0 atom stereocenters. The van der Waals surface area contributed by atoms with E-state index in [1.807, 2.05) is 0 Å². The molecule has 1 saturated carbocycles. The summed E-state index contributed by atoms with van der Waals surface area (Å²) in [6, 6.07) is 0. The minimum atomic E-state index is 0.143. The molecule has 0 aromatic heterocycles. The van der Waals surface area contributed by atoms with Gasteiger partial charge in [0.1, 0.15) is 0 Å². The van der Waals surface area contributed by atoms with Gasteiger partial charge in [-0.2, -0.15) is 0 Å². The second-order valence-electron chi connectivity index (χ2n) is 4.46. The van der Waals surface area contributed by atoms with Crippen molar-refractivity contribution in [1.82, 2.24) is 4.90 Å². The molecule has 1 aliphatic carbocycles. The average Bonchev–Trinajstić information content (AvgIpc) is 2.30. The molecule has 2 N–H and O–H groups in total. The highest BCUT2D eigenvalue weighted by Gasteiger charge is 2.34. The van der Waals surface area contributed by atoms with Gasteiger partial charge in [0.15, 0.2) is 0 Å². The highest BCUT2D eigenvalue weighted by atomic mass is 16.5. The van der Waals surface area contributed by atoms with E-state index in [1.54, 1.807) is 0 Å². The molecular weight excluding hydrogens is 164 g/mol. The summed E-state index contributed by atoms with van der Waals surface area (Å²) in [6.07, 6.45) is 4.91. The number of rotatable bonds is 2. The van der Waals surface area contributed by atoms with Crippen LogP contribution in [0.2, 0.25) is 0 Å². The molecule has 3 nitrogen and oxygen atoms in total. The molecule has 3 heteroatoms. The molecule has 0 bridgehead atoms. The molecule has 0 radical (unpaired) electrons. The van der Waals surface area contributed by atoms with Gasteiger partial charge in [-0.25, -0.2) is 0 Å². The Kier molecular flexibility index (Phi) is 2.86. The average molecular weight is 184 g/mol. The minimum Gasteiger partial charge on any atom is -0.380 e. The molecular formula is C10H20N2O. The van der Waals surface area contributed by atoms with Crippen molar-refractivity contribution in [3.63, 3.8) is 0 Å². The first-order valence-corrected chi connectivity index (χ1v) is 5.38. The maximum absolute atomic E-state index is 6.20. The van der Waals surface area contributed by atoms with Crippen LogP contribution in [0.1, 0.15) is 25.7 Å². The van der Waals surface area contributed by atoms with Gasteiger partial charge in [0, 0.05) is 31.8 Å². The number of nitrogens with zero attached hydrogens (tertiary/aromatic N) is 1. The zero-order valence-electron chi connectivity index (χ0n) is 8.30. The third-order valence-electron chi connectivity index (χ3n) is 3.20. The van der Waals surface area contributed by atoms with Gasteiger partial charge in [-0.05, 0) is 25.7 Å². The van der Waals surface area contributed by atoms with Crippen LogP contribution < -0.4 is 5.73 Å². The predicted molar refractivity (Wildman–Crippen MR) is 52.6 cm³/mol. The summed E-state index contributed by atoms with van der Waals surface area (Å²) in [5, 5.41) is 0. The maximum Gasteiger partial charge on any atom is 0.0593 e. The quantitative estimate of drug-likeness (QED) is 0.682. The Bertz CT molecular complexity index is 160. The maximum atomic E-state index is 6.20. The van der Waals surface area contributed by atoms with Crippen molar-refractivity contribution in [3.05, 3.63) is 0 Å². The van der Waals surface area contributed by atoms with Crippen LogP contribution in [0.15, 0.2) is 0 Å². The first-order chi connectivity index (χ1) is 6.29. The molecule has 2 aliphatic rings. The van der Waals surface area contributed by atoms with E-state index in [4.69, 9.17) is 10.5 Å². The van der Waals surface area contributed by atoms with E-state index in [0.717, 1.165) is 32.7 Å². The standard InChI is InChI=1S/C10H20N2O/c11-10(3-1-4-10)9-12-5-2-7-13-8-6-12/h1-9,11H2. The van der Waals surface area contributed by atoms with E-state index < -0.39 is 0 Å². The van der Waals surface area contributed by atoms with Gasteiger partial charge in [0.05, 0.1) is 6.61 Å². The van der Waals surface area contributed by atoms with E-state index in [0.29, 0.717) is 0 Å². The number of hydrogen-bond acceptors (Lipinski definition) is 3. The summed E-state index contributed by atoms with van der Waals surface area (Å²) in [7, 11) is 0. The van der Waals surface area contributed by atoms with Crippen LogP contribution in [0.3, 0.4) is 0 Å². The van der Waals surface area contributed by atoms with Crippen LogP contribution in [-0.2, 0) is 4.74 Å². The van der Waals surface area contributed by atoms with Crippen molar-refractivity contribution >= 4 is 0 Å². The third-order valence-corrected chi connectivity index (χ3v) is 3.20. The highest BCUT2D eigenvalue weighted by Crippen LogP contribution is 2.29. The van der Waals surface area contributed by atoms with E-state index in [1.165, 1.54) is 25.8 Å². The SMILES string of the molecule is NC1(CN2CCCOCC2)CCC1. The first-order valence-electron chi connectivity index (χ1n) is 5.38. The van der Waals surface area contributed by atoms with E-state index in [2.05, 4.69) is 4.90 Å². The van der Waals surface area contributed by atoms with Crippen LogP contribution in [0.5, 0.6) is 0 Å². The van der Waals surface area contributed by atoms with Gasteiger partial charge in [-0.3, -0.25) is 4.90 Å². The molecule has 1 heterocycles. The van der Waals surface area contributed by atoms with Gasteiger partial charge in [-0.1, -0.05) is 0 Å². The second kappa shape index (κ2) is 3.95. The predicted octanol–water partition coefficient (Wildman–Crippen LogP) is 0.590. The van der Waals surface area contributed by atoms with Crippen LogP contribution in [0.4, 0.5) is 0 Å². The normalized spacial score (nSPS) is 29.3. The number of ether oxygens (including phenoxy) is 1. The summed E-state index contributed by atoms with van der Waals surface area (Å²) in [5.74, 6) is 0. The van der Waals surface area contributed by atoms with Gasteiger partial charge < -0.3 is 10.5 Å². The Morgan fingerprint density at radius 3 is 2.69 bits per heavy atom. The smallest absolute Gasteiger partial charge is 0.0593 e. The van der Waals surface area contributed by atoms with Crippen LogP contribution in [-0.4, -0.2) is 43.3 Å². The summed E-state index contributed by atoms with van der Waals surface area (Å²) in [5.41, 5.74) is 6.35. The van der Waals surface area contributed by atoms with E-state index in [-0.39, 0.29) is 5.54 Å². The molecule has 13 heavy (non-hydrogen) atoms. The Hall–Kier alpha value is -0.120. The molecule has 76 valence electrons. The van der Waals surface area contributed by atoms with Crippen molar-refractivity contribution in [3.8, 4) is 0 Å². The van der Waals surface area contributed by atoms with E-state index in [9.17, 15) is 0 Å². The fourth-order valence-electron chi connectivity index (χ4n) is 2.19. The van der Waals surface area contributed by atoms with Crippen molar-refractivity contribution in [2.45, 2.75) is 31.2 Å². The van der Waals surface area contributed by atoms with Crippen molar-refractivity contribution in [1.29, 1.82) is 0 Å². The van der Waals surface area contributed by atoms with Gasteiger partial charge in [0.25, 0.3) is 0 Å². The van der Waals surface area contributed by atoms with Crippen molar-refractivity contribution in [2.24, 2.45) is 5.73 Å². The lowest BCUT2D eigenvalue weighted by Gasteiger charge is -2.41. The van der Waals surface area contributed by atoms with Crippen LogP contribution in [0.25, 0.3) is 0 Å². The fraction of sp³-hybridized carbons (Fsp3) is 1.00. The summed E-state index contributed by atoms with van der Waals surface area (Å²) in [4.78, 5) is 2.46. The highest BCUT2D eigenvalue weighted by molar-refractivity contribution is 4.95. The molecule has 0 spiro atoms. The molecule has 0 aromatic carbocycles. The van der Waals surface area contributed by atoms with Crippen molar-refractivity contribution in [2.75, 3.05) is 32.8 Å². The molecule has 0 unspecified atom stereocenters. The molecule has 1 aliphatic heterocycles. The summed E-state index contributed by atoms with van der Waals surface area (Å²) >= 11 is 0. The first kappa shape index (κ1) is 9.44. The lowest BCUT2D eigenvalue weighted by Crippen LogP contribution is -2.55. The zero-order chi connectivity index (χ0) is 9.15.